The second-order valence-electron chi connectivity index (χ2n) is 4.84. The van der Waals surface area contributed by atoms with Crippen LogP contribution in [0.3, 0.4) is 0 Å². The van der Waals surface area contributed by atoms with Crippen molar-refractivity contribution >= 4 is 11.6 Å². The minimum Gasteiger partial charge on any atom is -0.496 e. The van der Waals surface area contributed by atoms with Gasteiger partial charge in [-0.2, -0.15) is 0 Å². The maximum atomic E-state index is 6.17. The molecule has 0 radical (unpaired) electrons. The average molecular weight is 255 g/mol. The van der Waals surface area contributed by atoms with Crippen LogP contribution in [0.4, 0.5) is 0 Å². The Balaban J connectivity index is 2.26. The van der Waals surface area contributed by atoms with Crippen molar-refractivity contribution in [3.8, 4) is 5.75 Å². The van der Waals surface area contributed by atoms with Crippen molar-refractivity contribution in [1.82, 2.24) is 0 Å². The van der Waals surface area contributed by atoms with Crippen LogP contribution in [0.5, 0.6) is 5.75 Å². The van der Waals surface area contributed by atoms with Crippen molar-refractivity contribution in [2.45, 2.75) is 38.7 Å². The zero-order valence-corrected chi connectivity index (χ0v) is 11.4. The average Bonchev–Trinajstić information content (AvgIpc) is 3.09. The highest BCUT2D eigenvalue weighted by Gasteiger charge is 2.23. The lowest BCUT2D eigenvalue weighted by atomic mass is 9.96. The third kappa shape index (κ3) is 3.14. The monoisotopic (exact) mass is 254 g/mol. The highest BCUT2D eigenvalue weighted by molar-refractivity contribution is 6.30. The van der Waals surface area contributed by atoms with Crippen LogP contribution in [0.25, 0.3) is 0 Å². The van der Waals surface area contributed by atoms with E-state index in [1.807, 2.05) is 12.1 Å². The standard InChI is InChI=1S/C14H19ClO2/c1-9(2)13-7-11(15)6-10(14(13)16-3)4-5-12-8-17-12/h6-7,9,12H,4-5,8H2,1-3H3. The molecule has 0 spiro atoms. The lowest BCUT2D eigenvalue weighted by Gasteiger charge is -2.16. The minimum atomic E-state index is 0.416. The van der Waals surface area contributed by atoms with Gasteiger partial charge in [0.05, 0.1) is 19.8 Å². The fraction of sp³-hybridized carbons (Fsp3) is 0.571. The lowest BCUT2D eigenvalue weighted by molar-refractivity contribution is 0.387. The van der Waals surface area contributed by atoms with Crippen LogP contribution in [0.2, 0.25) is 5.02 Å². The first-order chi connectivity index (χ1) is 8.11. The van der Waals surface area contributed by atoms with Gasteiger partial charge < -0.3 is 9.47 Å². The molecule has 0 aliphatic carbocycles. The Morgan fingerprint density at radius 2 is 2.18 bits per heavy atom. The molecule has 1 unspecified atom stereocenters. The van der Waals surface area contributed by atoms with Gasteiger partial charge in [0.15, 0.2) is 0 Å². The zero-order valence-electron chi connectivity index (χ0n) is 10.6. The minimum absolute atomic E-state index is 0.416. The molecule has 1 aliphatic rings. The normalized spacial score (nSPS) is 18.5. The highest BCUT2D eigenvalue weighted by Crippen LogP contribution is 2.34. The van der Waals surface area contributed by atoms with E-state index in [0.29, 0.717) is 12.0 Å². The van der Waals surface area contributed by atoms with Gasteiger partial charge in [-0.25, -0.2) is 0 Å². The molecule has 1 fully saturated rings. The number of hydrogen-bond donors (Lipinski definition) is 0. The van der Waals surface area contributed by atoms with E-state index in [1.54, 1.807) is 7.11 Å². The fourth-order valence-electron chi connectivity index (χ4n) is 2.09. The number of benzene rings is 1. The number of methoxy groups -OCH3 is 1. The van der Waals surface area contributed by atoms with Crippen LogP contribution in [0, 0.1) is 0 Å². The first-order valence-corrected chi connectivity index (χ1v) is 6.47. The van der Waals surface area contributed by atoms with Gasteiger partial charge in [-0.05, 0) is 42.0 Å². The van der Waals surface area contributed by atoms with E-state index in [1.165, 1.54) is 11.1 Å². The molecule has 0 amide bonds. The molecule has 94 valence electrons. The molecule has 1 aromatic rings. The molecule has 1 saturated heterocycles. The van der Waals surface area contributed by atoms with Crippen molar-refractivity contribution in [1.29, 1.82) is 0 Å². The molecule has 1 atom stereocenters. The van der Waals surface area contributed by atoms with Crippen molar-refractivity contribution in [3.63, 3.8) is 0 Å². The predicted molar refractivity (Wildman–Crippen MR) is 70.2 cm³/mol. The van der Waals surface area contributed by atoms with Crippen molar-refractivity contribution < 1.29 is 9.47 Å². The SMILES string of the molecule is COc1c(CCC2CO2)cc(Cl)cc1C(C)C. The van der Waals surface area contributed by atoms with Crippen molar-refractivity contribution in [2.24, 2.45) is 0 Å². The number of rotatable bonds is 5. The quantitative estimate of drug-likeness (QED) is 0.746. The third-order valence-corrected chi connectivity index (χ3v) is 3.34. The number of halogens is 1. The molecule has 3 heteroatoms. The summed E-state index contributed by atoms with van der Waals surface area (Å²) in [5, 5.41) is 0.793. The van der Waals surface area contributed by atoms with E-state index in [9.17, 15) is 0 Å². The first-order valence-electron chi connectivity index (χ1n) is 6.09. The molecule has 1 heterocycles. The van der Waals surface area contributed by atoms with Crippen LogP contribution >= 0.6 is 11.6 Å². The molecule has 0 N–H and O–H groups in total. The molecule has 0 bridgehead atoms. The van der Waals surface area contributed by atoms with E-state index in [0.717, 1.165) is 30.2 Å². The van der Waals surface area contributed by atoms with Crippen molar-refractivity contribution in [2.75, 3.05) is 13.7 Å². The topological polar surface area (TPSA) is 21.8 Å². The van der Waals surface area contributed by atoms with Gasteiger partial charge in [-0.3, -0.25) is 0 Å². The van der Waals surface area contributed by atoms with E-state index in [2.05, 4.69) is 13.8 Å². The molecule has 2 rings (SSSR count). The summed E-state index contributed by atoms with van der Waals surface area (Å²) in [6.07, 6.45) is 2.46. The van der Waals surface area contributed by atoms with Crippen LogP contribution in [-0.4, -0.2) is 19.8 Å². The predicted octanol–water partition coefficient (Wildman–Crippen LogP) is 3.80. The Kier molecular flexibility index (Phi) is 3.95. The molecule has 1 aromatic carbocycles. The summed E-state index contributed by atoms with van der Waals surface area (Å²) in [5.41, 5.74) is 2.38. The molecular formula is C14H19ClO2. The summed E-state index contributed by atoms with van der Waals surface area (Å²) in [4.78, 5) is 0. The van der Waals surface area contributed by atoms with E-state index < -0.39 is 0 Å². The Bertz CT molecular complexity index is 397. The number of ether oxygens (including phenoxy) is 2. The summed E-state index contributed by atoms with van der Waals surface area (Å²) in [7, 11) is 1.73. The Labute approximate surface area is 108 Å². The molecule has 1 aliphatic heterocycles. The molecule has 2 nitrogen and oxygen atoms in total. The third-order valence-electron chi connectivity index (χ3n) is 3.12. The lowest BCUT2D eigenvalue weighted by Crippen LogP contribution is -2.01. The molecule has 17 heavy (non-hydrogen) atoms. The number of aryl methyl sites for hydroxylation is 1. The van der Waals surface area contributed by atoms with Crippen molar-refractivity contribution in [3.05, 3.63) is 28.3 Å². The fourth-order valence-corrected chi connectivity index (χ4v) is 2.34. The van der Waals surface area contributed by atoms with Gasteiger partial charge >= 0.3 is 0 Å². The smallest absolute Gasteiger partial charge is 0.125 e. The van der Waals surface area contributed by atoms with E-state index in [4.69, 9.17) is 21.1 Å². The first kappa shape index (κ1) is 12.7. The van der Waals surface area contributed by atoms with Crippen LogP contribution < -0.4 is 4.74 Å². The molecular weight excluding hydrogens is 236 g/mol. The Hall–Kier alpha value is -0.730. The molecule has 0 saturated carbocycles. The van der Waals surface area contributed by atoms with Crippen LogP contribution in [0.15, 0.2) is 12.1 Å². The number of hydrogen-bond acceptors (Lipinski definition) is 2. The van der Waals surface area contributed by atoms with Crippen LogP contribution in [-0.2, 0) is 11.2 Å². The van der Waals surface area contributed by atoms with E-state index >= 15 is 0 Å². The van der Waals surface area contributed by atoms with Gasteiger partial charge in [0.25, 0.3) is 0 Å². The van der Waals surface area contributed by atoms with Gasteiger partial charge in [-0.1, -0.05) is 25.4 Å². The summed E-state index contributed by atoms with van der Waals surface area (Å²) in [5.74, 6) is 1.41. The van der Waals surface area contributed by atoms with Gasteiger partial charge in [-0.15, -0.1) is 0 Å². The Morgan fingerprint density at radius 1 is 1.47 bits per heavy atom. The van der Waals surface area contributed by atoms with Gasteiger partial charge in [0.1, 0.15) is 5.75 Å². The van der Waals surface area contributed by atoms with Gasteiger partial charge in [0, 0.05) is 5.02 Å². The Morgan fingerprint density at radius 3 is 2.71 bits per heavy atom. The zero-order chi connectivity index (χ0) is 12.4. The maximum Gasteiger partial charge on any atom is 0.125 e. The van der Waals surface area contributed by atoms with Crippen LogP contribution in [0.1, 0.15) is 37.3 Å². The second-order valence-corrected chi connectivity index (χ2v) is 5.27. The maximum absolute atomic E-state index is 6.17. The summed E-state index contributed by atoms with van der Waals surface area (Å²) < 4.78 is 10.8. The van der Waals surface area contributed by atoms with E-state index in [-0.39, 0.29) is 0 Å². The summed E-state index contributed by atoms with van der Waals surface area (Å²) >= 11 is 6.17. The summed E-state index contributed by atoms with van der Waals surface area (Å²) in [6.45, 7) is 5.21. The summed E-state index contributed by atoms with van der Waals surface area (Å²) in [6, 6.07) is 4.01. The number of epoxide rings is 1. The highest BCUT2D eigenvalue weighted by atomic mass is 35.5. The second kappa shape index (κ2) is 5.28. The molecule has 0 aromatic heterocycles. The largest absolute Gasteiger partial charge is 0.496 e. The van der Waals surface area contributed by atoms with Gasteiger partial charge in [0.2, 0.25) is 0 Å².